The Bertz CT molecular complexity index is 199. The Hall–Kier alpha value is -0.120. The summed E-state index contributed by atoms with van der Waals surface area (Å²) in [6, 6.07) is 0. The van der Waals surface area contributed by atoms with Gasteiger partial charge in [-0.2, -0.15) is 0 Å². The summed E-state index contributed by atoms with van der Waals surface area (Å²) in [7, 11) is 0. The van der Waals surface area contributed by atoms with Crippen LogP contribution in [0.3, 0.4) is 0 Å². The van der Waals surface area contributed by atoms with Crippen LogP contribution in [0.25, 0.3) is 0 Å². The van der Waals surface area contributed by atoms with E-state index in [0.29, 0.717) is 12.4 Å². The number of alkyl halides is 1. The Kier molecular flexibility index (Phi) is 3.12. The highest BCUT2D eigenvalue weighted by Gasteiger charge is 1.97. The number of halogens is 1. The first kappa shape index (κ1) is 7.98. The molecule has 0 saturated heterocycles. The smallest absolute Gasteiger partial charge is 0.0941 e. The number of aromatic nitrogens is 1. The number of nitrogens with two attached hydrogens (primary N) is 1. The van der Waals surface area contributed by atoms with Crippen molar-refractivity contribution >= 4 is 22.9 Å². The summed E-state index contributed by atoms with van der Waals surface area (Å²) >= 11 is 7.18. The Morgan fingerprint density at radius 2 is 2.50 bits per heavy atom. The third-order valence-corrected chi connectivity index (χ3v) is 2.33. The van der Waals surface area contributed by atoms with Crippen molar-refractivity contribution in [3.05, 3.63) is 16.1 Å². The van der Waals surface area contributed by atoms with Gasteiger partial charge in [-0.3, -0.25) is 0 Å². The van der Waals surface area contributed by atoms with Gasteiger partial charge < -0.3 is 5.73 Å². The molecule has 0 aromatic carbocycles. The molecule has 10 heavy (non-hydrogen) atoms. The molecule has 1 aromatic heterocycles. The third kappa shape index (κ3) is 1.94. The maximum atomic E-state index is 5.55. The van der Waals surface area contributed by atoms with E-state index in [1.165, 1.54) is 0 Å². The number of rotatable bonds is 3. The molecular formula is C6H9ClN2S. The summed E-state index contributed by atoms with van der Waals surface area (Å²) in [4.78, 5) is 4.23. The minimum atomic E-state index is 0.501. The van der Waals surface area contributed by atoms with Gasteiger partial charge in [0.1, 0.15) is 0 Å². The molecule has 0 saturated carbocycles. The molecule has 0 spiro atoms. The van der Waals surface area contributed by atoms with Crippen molar-refractivity contribution in [2.24, 2.45) is 5.73 Å². The zero-order chi connectivity index (χ0) is 7.40. The average Bonchev–Trinajstić information content (AvgIpc) is 2.37. The van der Waals surface area contributed by atoms with Crippen LogP contribution in [0.1, 0.15) is 10.7 Å². The molecule has 0 atom stereocenters. The molecule has 0 fully saturated rings. The molecule has 0 aliphatic carbocycles. The lowest BCUT2D eigenvalue weighted by molar-refractivity contribution is 0.943. The molecule has 2 N–H and O–H groups in total. The molecule has 2 nitrogen and oxygen atoms in total. The van der Waals surface area contributed by atoms with Gasteiger partial charge in [0.2, 0.25) is 0 Å². The fourth-order valence-electron chi connectivity index (χ4n) is 0.649. The Balaban J connectivity index is 2.59. The molecule has 1 heterocycles. The predicted octanol–water partition coefficient (Wildman–Crippen LogP) is 1.38. The van der Waals surface area contributed by atoms with E-state index in [4.69, 9.17) is 17.3 Å². The first-order chi connectivity index (χ1) is 4.86. The van der Waals surface area contributed by atoms with Crippen LogP contribution in [0.5, 0.6) is 0 Å². The second-order valence-corrected chi connectivity index (χ2v) is 3.11. The summed E-state index contributed by atoms with van der Waals surface area (Å²) in [5.41, 5.74) is 6.30. The topological polar surface area (TPSA) is 38.9 Å². The van der Waals surface area contributed by atoms with Crippen LogP contribution in [-0.4, -0.2) is 11.5 Å². The second kappa shape index (κ2) is 3.91. The summed E-state index contributed by atoms with van der Waals surface area (Å²) in [6.45, 7) is 0.662. The molecule has 56 valence electrons. The molecule has 0 amide bonds. The first-order valence-electron chi connectivity index (χ1n) is 3.06. The molecule has 0 unspecified atom stereocenters. The molecule has 0 bridgehead atoms. The maximum absolute atomic E-state index is 5.55. The van der Waals surface area contributed by atoms with Gasteiger partial charge in [-0.15, -0.1) is 22.9 Å². The Morgan fingerprint density at radius 1 is 1.70 bits per heavy atom. The van der Waals surface area contributed by atoms with E-state index in [9.17, 15) is 0 Å². The van der Waals surface area contributed by atoms with Gasteiger partial charge in [0, 0.05) is 11.8 Å². The molecular weight excluding hydrogens is 168 g/mol. The van der Waals surface area contributed by atoms with E-state index in [-0.39, 0.29) is 0 Å². The van der Waals surface area contributed by atoms with E-state index in [1.807, 2.05) is 5.38 Å². The van der Waals surface area contributed by atoms with Crippen molar-refractivity contribution in [2.75, 3.05) is 6.54 Å². The van der Waals surface area contributed by atoms with Crippen molar-refractivity contribution in [2.45, 2.75) is 12.3 Å². The largest absolute Gasteiger partial charge is 0.330 e. The Labute approximate surface area is 69.0 Å². The van der Waals surface area contributed by atoms with Gasteiger partial charge in [-0.1, -0.05) is 0 Å². The highest BCUT2D eigenvalue weighted by Crippen LogP contribution is 2.11. The molecule has 0 radical (unpaired) electrons. The monoisotopic (exact) mass is 176 g/mol. The molecule has 1 aromatic rings. The molecule has 4 heteroatoms. The van der Waals surface area contributed by atoms with Crippen LogP contribution in [0, 0.1) is 0 Å². The number of hydrogen-bond acceptors (Lipinski definition) is 3. The van der Waals surface area contributed by atoms with E-state index < -0.39 is 0 Å². The fraction of sp³-hybridized carbons (Fsp3) is 0.500. The SMILES string of the molecule is NCCc1nc(CCl)cs1. The van der Waals surface area contributed by atoms with E-state index in [0.717, 1.165) is 17.1 Å². The third-order valence-electron chi connectivity index (χ3n) is 1.09. The summed E-state index contributed by atoms with van der Waals surface area (Å²) in [5, 5.41) is 3.05. The van der Waals surface area contributed by atoms with Gasteiger partial charge in [-0.25, -0.2) is 4.98 Å². The van der Waals surface area contributed by atoms with Crippen LogP contribution in [-0.2, 0) is 12.3 Å². The van der Waals surface area contributed by atoms with Crippen LogP contribution in [0.4, 0.5) is 0 Å². The standard InChI is InChI=1S/C6H9ClN2S/c7-3-5-4-10-6(9-5)1-2-8/h4H,1-3,8H2. The normalized spacial score (nSPS) is 10.2. The van der Waals surface area contributed by atoms with Gasteiger partial charge in [0.25, 0.3) is 0 Å². The summed E-state index contributed by atoms with van der Waals surface area (Å²) in [5.74, 6) is 0.501. The zero-order valence-electron chi connectivity index (χ0n) is 5.51. The lowest BCUT2D eigenvalue weighted by atomic mass is 10.4. The lowest BCUT2D eigenvalue weighted by Gasteiger charge is -1.87. The van der Waals surface area contributed by atoms with E-state index in [1.54, 1.807) is 11.3 Å². The van der Waals surface area contributed by atoms with Gasteiger partial charge in [-0.05, 0) is 6.54 Å². The second-order valence-electron chi connectivity index (χ2n) is 1.90. The van der Waals surface area contributed by atoms with Gasteiger partial charge in [0.05, 0.1) is 16.6 Å². The van der Waals surface area contributed by atoms with Crippen molar-refractivity contribution in [1.29, 1.82) is 0 Å². The fourth-order valence-corrected chi connectivity index (χ4v) is 1.69. The lowest BCUT2D eigenvalue weighted by Crippen LogP contribution is -2.02. The molecule has 0 aliphatic heterocycles. The maximum Gasteiger partial charge on any atom is 0.0941 e. The highest BCUT2D eigenvalue weighted by molar-refractivity contribution is 7.09. The number of thiazole rings is 1. The van der Waals surface area contributed by atoms with Crippen molar-refractivity contribution in [3.63, 3.8) is 0 Å². The summed E-state index contributed by atoms with van der Waals surface area (Å²) < 4.78 is 0. The van der Waals surface area contributed by atoms with Gasteiger partial charge in [0.15, 0.2) is 0 Å². The van der Waals surface area contributed by atoms with E-state index in [2.05, 4.69) is 4.98 Å². The van der Waals surface area contributed by atoms with Gasteiger partial charge >= 0.3 is 0 Å². The minimum absolute atomic E-state index is 0.501. The van der Waals surface area contributed by atoms with Crippen molar-refractivity contribution in [3.8, 4) is 0 Å². The zero-order valence-corrected chi connectivity index (χ0v) is 7.08. The average molecular weight is 177 g/mol. The van der Waals surface area contributed by atoms with Crippen LogP contribution < -0.4 is 5.73 Å². The quantitative estimate of drug-likeness (QED) is 0.707. The molecule has 0 aliphatic rings. The summed E-state index contributed by atoms with van der Waals surface area (Å²) in [6.07, 6.45) is 0.863. The molecule has 1 rings (SSSR count). The number of hydrogen-bond donors (Lipinski definition) is 1. The predicted molar refractivity (Wildman–Crippen MR) is 44.4 cm³/mol. The van der Waals surface area contributed by atoms with Crippen LogP contribution >= 0.6 is 22.9 Å². The minimum Gasteiger partial charge on any atom is -0.330 e. The highest BCUT2D eigenvalue weighted by atomic mass is 35.5. The van der Waals surface area contributed by atoms with Crippen molar-refractivity contribution in [1.82, 2.24) is 4.98 Å². The van der Waals surface area contributed by atoms with Crippen LogP contribution in [0.2, 0.25) is 0 Å². The first-order valence-corrected chi connectivity index (χ1v) is 4.47. The van der Waals surface area contributed by atoms with Crippen molar-refractivity contribution < 1.29 is 0 Å². The van der Waals surface area contributed by atoms with E-state index >= 15 is 0 Å². The van der Waals surface area contributed by atoms with Crippen LogP contribution in [0.15, 0.2) is 5.38 Å². The number of nitrogens with zero attached hydrogens (tertiary/aromatic N) is 1. The Morgan fingerprint density at radius 3 is 3.00 bits per heavy atom.